The highest BCUT2D eigenvalue weighted by Gasteiger charge is 2.52. The zero-order chi connectivity index (χ0) is 46.7. The van der Waals surface area contributed by atoms with Crippen LogP contribution in [0.1, 0.15) is 47.2 Å². The second kappa shape index (κ2) is 13.9. The Morgan fingerprint density at radius 3 is 1.66 bits per heavy atom. The molecule has 1 spiro atoms. The summed E-state index contributed by atoms with van der Waals surface area (Å²) in [5, 5.41) is 6.58. The molecule has 0 fully saturated rings. The lowest BCUT2D eigenvalue weighted by molar-refractivity contribution is 0.660. The highest BCUT2D eigenvalue weighted by atomic mass is 16.3. The minimum atomic E-state index is -0.481. The largest absolute Gasteiger partial charge is 0.456 e. The fourth-order valence-electron chi connectivity index (χ4n) is 13.4. The molecule has 0 aliphatic heterocycles. The van der Waals surface area contributed by atoms with Gasteiger partial charge in [0.1, 0.15) is 22.3 Å². The number of nitrogens with zero attached hydrogens (tertiary/aromatic N) is 1. The lowest BCUT2D eigenvalue weighted by atomic mass is 9.70. The van der Waals surface area contributed by atoms with Gasteiger partial charge in [-0.3, -0.25) is 0 Å². The Morgan fingerprint density at radius 2 is 0.873 bits per heavy atom. The predicted octanol–water partition coefficient (Wildman–Crippen LogP) is 18.4. The molecule has 0 saturated heterocycles. The lowest BCUT2D eigenvalue weighted by Crippen LogP contribution is -2.25. The Bertz CT molecular complexity index is 4420. The summed E-state index contributed by atoms with van der Waals surface area (Å²) in [6, 6.07) is 82.8. The van der Waals surface area contributed by atoms with Gasteiger partial charge in [0.15, 0.2) is 0 Å². The standard InChI is InChI=1S/C68H43NO2/c1-67(2)54-24-10-5-18-45(54)48-34-32-44(38-59(48)67)69(42-31-30-40-16-3-4-17-41(40)36-42)43-33-35-61-52(37-43)53-39-62-64(50-22-9-14-29-60(50)70-62)65(66(53)71-61)51-23-15-28-58-63(51)49-21-8-13-27-57(49)68(58)55-25-11-6-19-46(55)47-20-7-12-26-56(47)68/h3-39H,1-2H3. The van der Waals surface area contributed by atoms with Gasteiger partial charge in [0.2, 0.25) is 0 Å². The topological polar surface area (TPSA) is 29.5 Å². The van der Waals surface area contributed by atoms with Gasteiger partial charge in [-0.1, -0.05) is 184 Å². The second-order valence-electron chi connectivity index (χ2n) is 20.3. The van der Waals surface area contributed by atoms with Crippen LogP contribution in [-0.4, -0.2) is 0 Å². The molecule has 3 aliphatic rings. The molecule has 0 bridgehead atoms. The van der Waals surface area contributed by atoms with Crippen LogP contribution in [-0.2, 0) is 10.8 Å². The number of hydrogen-bond acceptors (Lipinski definition) is 3. The molecule has 0 N–H and O–H groups in total. The van der Waals surface area contributed by atoms with Gasteiger partial charge in [-0.25, -0.2) is 0 Å². The summed E-state index contributed by atoms with van der Waals surface area (Å²) in [5.41, 5.74) is 23.8. The van der Waals surface area contributed by atoms with Crippen LogP contribution in [0.2, 0.25) is 0 Å². The summed E-state index contributed by atoms with van der Waals surface area (Å²) in [7, 11) is 0. The van der Waals surface area contributed by atoms with E-state index in [9.17, 15) is 0 Å². The van der Waals surface area contributed by atoms with E-state index in [1.165, 1.54) is 77.5 Å². The Hall–Kier alpha value is -8.92. The first kappa shape index (κ1) is 39.0. The monoisotopic (exact) mass is 905 g/mol. The van der Waals surface area contributed by atoms with Gasteiger partial charge in [0.25, 0.3) is 0 Å². The number of fused-ring (bicyclic) bond motifs is 20. The molecule has 0 saturated carbocycles. The number of para-hydroxylation sites is 1. The van der Waals surface area contributed by atoms with Gasteiger partial charge >= 0.3 is 0 Å². The molecule has 0 radical (unpaired) electrons. The van der Waals surface area contributed by atoms with E-state index in [0.29, 0.717) is 0 Å². The van der Waals surface area contributed by atoms with Crippen molar-refractivity contribution < 1.29 is 8.83 Å². The van der Waals surface area contributed by atoms with Crippen LogP contribution in [0.5, 0.6) is 0 Å². The van der Waals surface area contributed by atoms with Crippen LogP contribution in [0.3, 0.4) is 0 Å². The van der Waals surface area contributed by atoms with Crippen molar-refractivity contribution in [3.05, 3.63) is 258 Å². The zero-order valence-corrected chi connectivity index (χ0v) is 39.1. The fourth-order valence-corrected chi connectivity index (χ4v) is 13.4. The number of anilines is 3. The predicted molar refractivity (Wildman–Crippen MR) is 292 cm³/mol. The minimum absolute atomic E-state index is 0.154. The van der Waals surface area contributed by atoms with Crippen molar-refractivity contribution >= 4 is 71.7 Å². The molecule has 16 rings (SSSR count). The molecule has 0 atom stereocenters. The Balaban J connectivity index is 0.965. The van der Waals surface area contributed by atoms with Crippen LogP contribution < -0.4 is 4.90 Å². The average molecular weight is 906 g/mol. The van der Waals surface area contributed by atoms with Crippen molar-refractivity contribution in [2.24, 2.45) is 0 Å². The van der Waals surface area contributed by atoms with Crippen LogP contribution >= 0.6 is 0 Å². The van der Waals surface area contributed by atoms with Gasteiger partial charge in [-0.15, -0.1) is 0 Å². The van der Waals surface area contributed by atoms with E-state index in [4.69, 9.17) is 8.83 Å². The molecule has 3 heteroatoms. The smallest absolute Gasteiger partial charge is 0.144 e. The van der Waals surface area contributed by atoms with Crippen molar-refractivity contribution in [2.75, 3.05) is 4.90 Å². The molecular formula is C68H43NO2. The maximum atomic E-state index is 7.31. The van der Waals surface area contributed by atoms with Gasteiger partial charge in [0.05, 0.1) is 5.41 Å². The molecule has 332 valence electrons. The van der Waals surface area contributed by atoms with E-state index in [1.54, 1.807) is 0 Å². The molecule has 3 nitrogen and oxygen atoms in total. The Morgan fingerprint density at radius 1 is 0.324 bits per heavy atom. The number of furan rings is 2. The maximum Gasteiger partial charge on any atom is 0.144 e. The normalized spacial score (nSPS) is 14.3. The third kappa shape index (κ3) is 5.02. The van der Waals surface area contributed by atoms with Crippen molar-refractivity contribution in [2.45, 2.75) is 24.7 Å². The molecule has 3 aliphatic carbocycles. The molecule has 2 heterocycles. The van der Waals surface area contributed by atoms with E-state index in [2.05, 4.69) is 243 Å². The summed E-state index contributed by atoms with van der Waals surface area (Å²) in [5.74, 6) is 0. The van der Waals surface area contributed by atoms with Crippen molar-refractivity contribution in [3.63, 3.8) is 0 Å². The second-order valence-corrected chi connectivity index (χ2v) is 20.3. The van der Waals surface area contributed by atoms with E-state index in [-0.39, 0.29) is 5.41 Å². The van der Waals surface area contributed by atoms with E-state index in [1.807, 2.05) is 0 Å². The maximum absolute atomic E-state index is 7.31. The van der Waals surface area contributed by atoms with Crippen molar-refractivity contribution in [1.29, 1.82) is 0 Å². The molecule has 11 aromatic carbocycles. The summed E-state index contributed by atoms with van der Waals surface area (Å²) in [4.78, 5) is 2.42. The van der Waals surface area contributed by atoms with Gasteiger partial charge < -0.3 is 13.7 Å². The van der Waals surface area contributed by atoms with Crippen LogP contribution in [0.4, 0.5) is 17.1 Å². The summed E-state index contributed by atoms with van der Waals surface area (Å²) < 4.78 is 14.2. The number of hydrogen-bond donors (Lipinski definition) is 0. The first-order valence-electron chi connectivity index (χ1n) is 24.7. The highest BCUT2D eigenvalue weighted by molar-refractivity contribution is 6.25. The summed E-state index contributed by atoms with van der Waals surface area (Å²) >= 11 is 0. The molecule has 71 heavy (non-hydrogen) atoms. The van der Waals surface area contributed by atoms with E-state index >= 15 is 0 Å². The molecule has 13 aromatic rings. The molecular weight excluding hydrogens is 863 g/mol. The van der Waals surface area contributed by atoms with Crippen LogP contribution in [0.15, 0.2) is 233 Å². The van der Waals surface area contributed by atoms with Gasteiger partial charge in [-0.2, -0.15) is 0 Å². The van der Waals surface area contributed by atoms with Gasteiger partial charge in [0, 0.05) is 49.6 Å². The van der Waals surface area contributed by atoms with Crippen LogP contribution in [0.25, 0.3) is 99.2 Å². The third-order valence-corrected chi connectivity index (χ3v) is 16.5. The highest BCUT2D eigenvalue weighted by Crippen LogP contribution is 2.65. The van der Waals surface area contributed by atoms with Gasteiger partial charge in [-0.05, 0) is 138 Å². The average Bonchev–Trinajstić information content (AvgIpc) is 4.20. The third-order valence-electron chi connectivity index (χ3n) is 16.5. The lowest BCUT2D eigenvalue weighted by Gasteiger charge is -2.30. The van der Waals surface area contributed by atoms with E-state index in [0.717, 1.165) is 72.1 Å². The minimum Gasteiger partial charge on any atom is -0.456 e. The van der Waals surface area contributed by atoms with E-state index < -0.39 is 5.41 Å². The van der Waals surface area contributed by atoms with Crippen molar-refractivity contribution in [1.82, 2.24) is 0 Å². The summed E-state index contributed by atoms with van der Waals surface area (Å²) in [6.45, 7) is 4.71. The number of benzene rings is 11. The Labute approximate surface area is 410 Å². The fraction of sp³-hybridized carbons (Fsp3) is 0.0588. The molecule has 2 aromatic heterocycles. The number of rotatable bonds is 4. The SMILES string of the molecule is CC1(C)c2ccccc2-c2ccc(N(c3ccc4ccccc4c3)c3ccc4oc5c(-c6cccc7c6-c6ccccc6C76c7ccccc7-c7ccccc76)c6c(cc5c4c3)oc3ccccc36)cc21. The Kier molecular flexibility index (Phi) is 7.62. The first-order valence-corrected chi connectivity index (χ1v) is 24.7. The summed E-state index contributed by atoms with van der Waals surface area (Å²) in [6.07, 6.45) is 0. The quantitative estimate of drug-likeness (QED) is 0.176. The molecule has 0 amide bonds. The zero-order valence-electron chi connectivity index (χ0n) is 39.1. The van der Waals surface area contributed by atoms with Crippen molar-refractivity contribution in [3.8, 4) is 44.5 Å². The first-order chi connectivity index (χ1) is 35.0. The van der Waals surface area contributed by atoms with Crippen LogP contribution in [0, 0.1) is 0 Å². The molecule has 0 unspecified atom stereocenters.